The summed E-state index contributed by atoms with van der Waals surface area (Å²) in [6, 6.07) is 10.6. The Morgan fingerprint density at radius 2 is 2.00 bits per heavy atom. The highest BCUT2D eigenvalue weighted by Crippen LogP contribution is 2.49. The number of aromatic amines is 1. The third kappa shape index (κ3) is 3.09. The van der Waals surface area contributed by atoms with Crippen molar-refractivity contribution in [2.45, 2.75) is 32.1 Å². The highest BCUT2D eigenvalue weighted by atomic mass is 16.6. The molecule has 5 rings (SSSR count). The van der Waals surface area contributed by atoms with Gasteiger partial charge in [-0.05, 0) is 36.5 Å². The minimum atomic E-state index is -0.188. The number of hydrogen-bond donors (Lipinski definition) is 1. The number of fused-ring (bicyclic) bond motifs is 3. The van der Waals surface area contributed by atoms with E-state index in [2.05, 4.69) is 58.0 Å². The van der Waals surface area contributed by atoms with Crippen LogP contribution in [-0.4, -0.2) is 52.2 Å². The Morgan fingerprint density at radius 3 is 2.80 bits per heavy atom. The number of piperidine rings is 1. The molecular weight excluding hydrogens is 378 g/mol. The first kappa shape index (κ1) is 18.9. The fourth-order valence-electron chi connectivity index (χ4n) is 4.77. The fourth-order valence-corrected chi connectivity index (χ4v) is 4.77. The van der Waals surface area contributed by atoms with Crippen molar-refractivity contribution in [3.05, 3.63) is 48.4 Å². The number of aromatic nitrogens is 3. The molecule has 7 heteroatoms. The van der Waals surface area contributed by atoms with E-state index >= 15 is 0 Å². The molecule has 1 spiro atoms. The maximum Gasteiger partial charge on any atom is 0.409 e. The molecule has 4 heterocycles. The molecule has 1 N–H and O–H groups in total. The Labute approximate surface area is 176 Å². The molecule has 1 amide bonds. The summed E-state index contributed by atoms with van der Waals surface area (Å²) in [5.41, 5.74) is 3.41. The summed E-state index contributed by atoms with van der Waals surface area (Å²) in [7, 11) is 0. The second-order valence-corrected chi connectivity index (χ2v) is 8.78. The van der Waals surface area contributed by atoms with Crippen molar-refractivity contribution in [2.75, 3.05) is 31.1 Å². The predicted octanol–water partition coefficient (Wildman–Crippen LogP) is 4.24. The standard InChI is InChI=1S/C23H27N5O2/c1-16(2)13-30-22(29)27-11-8-23(9-12-27)14-28(19-6-4-3-5-18(19)23)21-17-7-10-24-20(17)25-15-26-21/h3-7,10,15-16H,8-9,11-14H2,1-2H3,(H,24,25,26). The molecule has 1 aromatic carbocycles. The van der Waals surface area contributed by atoms with Crippen molar-refractivity contribution >= 4 is 28.6 Å². The van der Waals surface area contributed by atoms with Crippen molar-refractivity contribution in [2.24, 2.45) is 5.92 Å². The highest BCUT2D eigenvalue weighted by molar-refractivity contribution is 5.91. The number of carbonyl (C=O) groups is 1. The topological polar surface area (TPSA) is 74.3 Å². The van der Waals surface area contributed by atoms with Gasteiger partial charge in [-0.1, -0.05) is 32.0 Å². The number of para-hydroxylation sites is 1. The molecule has 0 saturated carbocycles. The molecule has 2 aliphatic rings. The molecule has 0 bridgehead atoms. The first-order valence-electron chi connectivity index (χ1n) is 10.6. The lowest BCUT2D eigenvalue weighted by molar-refractivity contribution is 0.0760. The monoisotopic (exact) mass is 405 g/mol. The van der Waals surface area contributed by atoms with Gasteiger partial charge < -0.3 is 19.5 Å². The molecule has 7 nitrogen and oxygen atoms in total. The van der Waals surface area contributed by atoms with Crippen molar-refractivity contribution < 1.29 is 9.53 Å². The third-order valence-electron chi connectivity index (χ3n) is 6.33. The van der Waals surface area contributed by atoms with Crippen molar-refractivity contribution in [3.63, 3.8) is 0 Å². The molecule has 1 saturated heterocycles. The molecule has 156 valence electrons. The predicted molar refractivity (Wildman–Crippen MR) is 116 cm³/mol. The van der Waals surface area contributed by atoms with E-state index in [1.807, 2.05) is 17.2 Å². The first-order chi connectivity index (χ1) is 14.6. The van der Waals surface area contributed by atoms with Gasteiger partial charge >= 0.3 is 6.09 Å². The highest BCUT2D eigenvalue weighted by Gasteiger charge is 2.46. The zero-order valence-corrected chi connectivity index (χ0v) is 17.5. The second-order valence-electron chi connectivity index (χ2n) is 8.78. The Kier molecular flexibility index (Phi) is 4.60. The smallest absolute Gasteiger partial charge is 0.409 e. The molecular formula is C23H27N5O2. The molecule has 0 unspecified atom stereocenters. The number of benzene rings is 1. The summed E-state index contributed by atoms with van der Waals surface area (Å²) >= 11 is 0. The van der Waals surface area contributed by atoms with Crippen molar-refractivity contribution in [3.8, 4) is 0 Å². The average molecular weight is 406 g/mol. The maximum absolute atomic E-state index is 12.4. The van der Waals surface area contributed by atoms with E-state index in [0.717, 1.165) is 36.2 Å². The normalized spacial score (nSPS) is 17.7. The van der Waals surface area contributed by atoms with Gasteiger partial charge in [0.15, 0.2) is 0 Å². The van der Waals surface area contributed by atoms with E-state index in [1.54, 1.807) is 6.33 Å². The molecule has 0 aliphatic carbocycles. The van der Waals surface area contributed by atoms with Crippen LogP contribution in [0.25, 0.3) is 11.0 Å². The summed E-state index contributed by atoms with van der Waals surface area (Å²) in [6.07, 6.45) is 5.17. The molecule has 0 atom stereocenters. The Hall–Kier alpha value is -3.09. The quantitative estimate of drug-likeness (QED) is 0.706. The van der Waals surface area contributed by atoms with Crippen LogP contribution in [0.1, 0.15) is 32.3 Å². The lowest BCUT2D eigenvalue weighted by Crippen LogP contribution is -2.47. The molecule has 2 aromatic heterocycles. The molecule has 0 radical (unpaired) electrons. The van der Waals surface area contributed by atoms with Crippen LogP contribution in [0.2, 0.25) is 0 Å². The Morgan fingerprint density at radius 1 is 1.20 bits per heavy atom. The van der Waals surface area contributed by atoms with E-state index < -0.39 is 0 Å². The third-order valence-corrected chi connectivity index (χ3v) is 6.33. The van der Waals surface area contributed by atoms with Crippen LogP contribution in [-0.2, 0) is 10.2 Å². The summed E-state index contributed by atoms with van der Waals surface area (Å²) in [6.45, 7) is 6.86. The van der Waals surface area contributed by atoms with Gasteiger partial charge in [0.2, 0.25) is 0 Å². The molecule has 2 aliphatic heterocycles. The molecule has 3 aromatic rings. The number of nitrogens with one attached hydrogen (secondary N) is 1. The number of carbonyl (C=O) groups excluding carboxylic acids is 1. The van der Waals surface area contributed by atoms with Gasteiger partial charge in [-0.2, -0.15) is 0 Å². The summed E-state index contributed by atoms with van der Waals surface area (Å²) in [5, 5.41) is 1.03. The molecule has 30 heavy (non-hydrogen) atoms. The molecule has 1 fully saturated rings. The van der Waals surface area contributed by atoms with Gasteiger partial charge in [-0.3, -0.25) is 0 Å². The van der Waals surface area contributed by atoms with Crippen LogP contribution in [0.15, 0.2) is 42.9 Å². The van der Waals surface area contributed by atoms with Gasteiger partial charge in [-0.15, -0.1) is 0 Å². The average Bonchev–Trinajstić information content (AvgIpc) is 3.36. The number of amides is 1. The minimum Gasteiger partial charge on any atom is -0.449 e. The van der Waals surface area contributed by atoms with Gasteiger partial charge in [0.25, 0.3) is 0 Å². The summed E-state index contributed by atoms with van der Waals surface area (Å²) in [5.74, 6) is 1.28. The van der Waals surface area contributed by atoms with E-state index in [9.17, 15) is 4.79 Å². The van der Waals surface area contributed by atoms with Crippen LogP contribution in [0, 0.1) is 5.92 Å². The van der Waals surface area contributed by atoms with Crippen LogP contribution < -0.4 is 4.90 Å². The number of H-pyrrole nitrogens is 1. The number of hydrogen-bond acceptors (Lipinski definition) is 5. The van der Waals surface area contributed by atoms with Crippen molar-refractivity contribution in [1.82, 2.24) is 19.9 Å². The largest absolute Gasteiger partial charge is 0.449 e. The van der Waals surface area contributed by atoms with E-state index in [1.165, 1.54) is 11.3 Å². The maximum atomic E-state index is 12.4. The second kappa shape index (κ2) is 7.31. The van der Waals surface area contributed by atoms with Gasteiger partial charge in [-0.25, -0.2) is 14.8 Å². The van der Waals surface area contributed by atoms with Gasteiger partial charge in [0, 0.05) is 36.9 Å². The number of nitrogens with zero attached hydrogens (tertiary/aromatic N) is 4. The number of rotatable bonds is 3. The first-order valence-corrected chi connectivity index (χ1v) is 10.6. The van der Waals surface area contributed by atoms with Gasteiger partial charge in [0.05, 0.1) is 12.0 Å². The van der Waals surface area contributed by atoms with Crippen LogP contribution >= 0.6 is 0 Å². The van der Waals surface area contributed by atoms with E-state index in [4.69, 9.17) is 4.74 Å². The van der Waals surface area contributed by atoms with E-state index in [-0.39, 0.29) is 11.5 Å². The minimum absolute atomic E-state index is 0.0129. The SMILES string of the molecule is CC(C)COC(=O)N1CCC2(CC1)CN(c1ncnc3[nH]ccc13)c1ccccc12. The zero-order valence-electron chi connectivity index (χ0n) is 17.5. The number of ether oxygens (including phenoxy) is 1. The van der Waals surface area contributed by atoms with Crippen LogP contribution in [0.4, 0.5) is 16.3 Å². The Bertz CT molecular complexity index is 1070. The summed E-state index contributed by atoms with van der Waals surface area (Å²) < 4.78 is 5.45. The number of anilines is 2. The zero-order chi connectivity index (χ0) is 20.7. The Balaban J connectivity index is 1.42. The van der Waals surface area contributed by atoms with Crippen LogP contribution in [0.5, 0.6) is 0 Å². The fraction of sp³-hybridized carbons (Fsp3) is 0.435. The lowest BCUT2D eigenvalue weighted by atomic mass is 9.74. The lowest BCUT2D eigenvalue weighted by Gasteiger charge is -2.39. The van der Waals surface area contributed by atoms with E-state index in [0.29, 0.717) is 25.6 Å². The van der Waals surface area contributed by atoms with Crippen LogP contribution in [0.3, 0.4) is 0 Å². The van der Waals surface area contributed by atoms with Crippen molar-refractivity contribution in [1.29, 1.82) is 0 Å². The van der Waals surface area contributed by atoms with Gasteiger partial charge in [0.1, 0.15) is 17.8 Å². The number of likely N-dealkylation sites (tertiary alicyclic amines) is 1. The summed E-state index contributed by atoms with van der Waals surface area (Å²) in [4.78, 5) is 28.8.